The highest BCUT2D eigenvalue weighted by Crippen LogP contribution is 2.42. The minimum atomic E-state index is -0.810. The Balaban J connectivity index is 1.99. The Bertz CT molecular complexity index is 739. The largest absolute Gasteiger partial charge is 0.469 e. The molecule has 4 heteroatoms. The predicted octanol–water partition coefficient (Wildman–Crippen LogP) is 3.10. The molecule has 2 aromatic carbocycles. The lowest BCUT2D eigenvalue weighted by atomic mass is 9.86. The molecule has 1 aliphatic rings. The van der Waals surface area contributed by atoms with Gasteiger partial charge in [0.2, 0.25) is 0 Å². The number of nitrogens with zero attached hydrogens (tertiary/aromatic N) is 2. The smallest absolute Gasteiger partial charge is 0.310 e. The van der Waals surface area contributed by atoms with Crippen LogP contribution in [0.2, 0.25) is 0 Å². The van der Waals surface area contributed by atoms with Gasteiger partial charge >= 0.3 is 5.97 Å². The third-order valence-corrected chi connectivity index (χ3v) is 4.71. The molecule has 1 fully saturated rings. The van der Waals surface area contributed by atoms with Gasteiger partial charge in [0, 0.05) is 13.1 Å². The quantitative estimate of drug-likeness (QED) is 0.812. The summed E-state index contributed by atoms with van der Waals surface area (Å²) in [4.78, 5) is 14.2. The van der Waals surface area contributed by atoms with E-state index in [1.54, 1.807) is 0 Å². The second-order valence-electron chi connectivity index (χ2n) is 6.13. The fourth-order valence-electron chi connectivity index (χ4n) is 3.50. The Labute approximate surface area is 142 Å². The molecule has 0 saturated carbocycles. The zero-order valence-electron chi connectivity index (χ0n) is 13.7. The number of methoxy groups -OCH3 is 1. The molecule has 2 aromatic rings. The van der Waals surface area contributed by atoms with Crippen molar-refractivity contribution >= 4 is 5.97 Å². The average Bonchev–Trinajstić information content (AvgIpc) is 3.02. The fourth-order valence-corrected chi connectivity index (χ4v) is 3.50. The van der Waals surface area contributed by atoms with E-state index in [0.29, 0.717) is 19.5 Å². The molecule has 122 valence electrons. The zero-order chi connectivity index (χ0) is 17.0. The van der Waals surface area contributed by atoms with Crippen LogP contribution in [0, 0.1) is 17.2 Å². The standard InChI is InChI=1S/C20H20N2O2/c1-24-19(23)17-12-20(15-21,18-10-6-3-7-11-18)22(14-17)13-16-8-4-2-5-9-16/h2-11,17H,12-14H2,1H3. The lowest BCUT2D eigenvalue weighted by Crippen LogP contribution is -2.39. The molecular formula is C20H20N2O2. The summed E-state index contributed by atoms with van der Waals surface area (Å²) in [6.07, 6.45) is 0.451. The van der Waals surface area contributed by atoms with Crippen LogP contribution in [-0.2, 0) is 21.6 Å². The van der Waals surface area contributed by atoms with Crippen LogP contribution in [0.1, 0.15) is 17.5 Å². The van der Waals surface area contributed by atoms with Crippen molar-refractivity contribution in [2.75, 3.05) is 13.7 Å². The second kappa shape index (κ2) is 6.86. The Morgan fingerprint density at radius 2 is 1.83 bits per heavy atom. The van der Waals surface area contributed by atoms with Gasteiger partial charge in [0.05, 0.1) is 19.1 Å². The third-order valence-electron chi connectivity index (χ3n) is 4.71. The molecule has 0 aliphatic carbocycles. The number of likely N-dealkylation sites (tertiary alicyclic amines) is 1. The first kappa shape index (κ1) is 16.2. The van der Waals surface area contributed by atoms with E-state index in [4.69, 9.17) is 4.74 Å². The molecule has 1 aliphatic heterocycles. The molecule has 24 heavy (non-hydrogen) atoms. The maximum atomic E-state index is 12.1. The Hall–Kier alpha value is -2.64. The molecule has 4 nitrogen and oxygen atoms in total. The van der Waals surface area contributed by atoms with Crippen molar-refractivity contribution in [3.8, 4) is 6.07 Å². The molecule has 0 aromatic heterocycles. The number of esters is 1. The summed E-state index contributed by atoms with van der Waals surface area (Å²) in [6, 6.07) is 22.2. The van der Waals surface area contributed by atoms with E-state index in [2.05, 4.69) is 11.0 Å². The highest BCUT2D eigenvalue weighted by atomic mass is 16.5. The second-order valence-corrected chi connectivity index (χ2v) is 6.13. The first-order valence-corrected chi connectivity index (χ1v) is 8.03. The van der Waals surface area contributed by atoms with Crippen molar-refractivity contribution in [3.63, 3.8) is 0 Å². The topological polar surface area (TPSA) is 53.3 Å². The third kappa shape index (κ3) is 2.91. The number of rotatable bonds is 4. The molecule has 0 radical (unpaired) electrons. The van der Waals surface area contributed by atoms with Gasteiger partial charge in [-0.15, -0.1) is 0 Å². The predicted molar refractivity (Wildman–Crippen MR) is 90.7 cm³/mol. The lowest BCUT2D eigenvalue weighted by molar-refractivity contribution is -0.145. The SMILES string of the molecule is COC(=O)C1CN(Cc2ccccc2)C(C#N)(c2ccccc2)C1. The van der Waals surface area contributed by atoms with Gasteiger partial charge in [-0.3, -0.25) is 9.69 Å². The van der Waals surface area contributed by atoms with E-state index in [-0.39, 0.29) is 11.9 Å². The molecule has 0 amide bonds. The van der Waals surface area contributed by atoms with Crippen LogP contribution < -0.4 is 0 Å². The minimum Gasteiger partial charge on any atom is -0.469 e. The number of ether oxygens (including phenoxy) is 1. The van der Waals surface area contributed by atoms with Crippen LogP contribution in [0.25, 0.3) is 0 Å². The first-order chi connectivity index (χ1) is 11.7. The summed E-state index contributed by atoms with van der Waals surface area (Å²) < 4.78 is 4.93. The van der Waals surface area contributed by atoms with Crippen molar-refractivity contribution < 1.29 is 9.53 Å². The van der Waals surface area contributed by atoms with Crippen LogP contribution in [0.5, 0.6) is 0 Å². The Morgan fingerprint density at radius 3 is 2.42 bits per heavy atom. The van der Waals surface area contributed by atoms with Crippen LogP contribution in [0.15, 0.2) is 60.7 Å². The van der Waals surface area contributed by atoms with Gasteiger partial charge in [-0.25, -0.2) is 0 Å². The van der Waals surface area contributed by atoms with Gasteiger partial charge in [-0.05, 0) is 17.5 Å². The summed E-state index contributed by atoms with van der Waals surface area (Å²) in [5, 5.41) is 10.0. The van der Waals surface area contributed by atoms with Crippen LogP contribution in [0.4, 0.5) is 0 Å². The number of hydrogen-bond acceptors (Lipinski definition) is 4. The van der Waals surface area contributed by atoms with Crippen LogP contribution in [0.3, 0.4) is 0 Å². The van der Waals surface area contributed by atoms with Crippen molar-refractivity contribution in [2.45, 2.75) is 18.5 Å². The van der Waals surface area contributed by atoms with E-state index in [0.717, 1.165) is 11.1 Å². The van der Waals surface area contributed by atoms with E-state index < -0.39 is 5.54 Å². The summed E-state index contributed by atoms with van der Waals surface area (Å²) in [7, 11) is 1.40. The highest BCUT2D eigenvalue weighted by Gasteiger charge is 2.49. The van der Waals surface area contributed by atoms with E-state index in [1.165, 1.54) is 7.11 Å². The maximum Gasteiger partial charge on any atom is 0.310 e. The van der Waals surface area contributed by atoms with Crippen molar-refractivity contribution in [3.05, 3.63) is 71.8 Å². The molecule has 2 atom stereocenters. The number of hydrogen-bond donors (Lipinski definition) is 0. The molecule has 0 spiro atoms. The van der Waals surface area contributed by atoms with Gasteiger partial charge in [-0.2, -0.15) is 5.26 Å². The normalized spacial score (nSPS) is 23.6. The number of benzene rings is 2. The van der Waals surface area contributed by atoms with Crippen molar-refractivity contribution in [1.82, 2.24) is 4.90 Å². The van der Waals surface area contributed by atoms with Gasteiger partial charge in [0.1, 0.15) is 5.54 Å². The molecule has 0 N–H and O–H groups in total. The summed E-state index contributed by atoms with van der Waals surface area (Å²) >= 11 is 0. The zero-order valence-corrected chi connectivity index (χ0v) is 13.7. The molecular weight excluding hydrogens is 300 g/mol. The summed E-state index contributed by atoms with van der Waals surface area (Å²) in [6.45, 7) is 1.14. The Morgan fingerprint density at radius 1 is 1.21 bits per heavy atom. The van der Waals surface area contributed by atoms with Crippen molar-refractivity contribution in [1.29, 1.82) is 5.26 Å². The van der Waals surface area contributed by atoms with Crippen LogP contribution in [-0.4, -0.2) is 24.5 Å². The first-order valence-electron chi connectivity index (χ1n) is 8.03. The van der Waals surface area contributed by atoms with Crippen molar-refractivity contribution in [2.24, 2.45) is 5.92 Å². The molecule has 0 bridgehead atoms. The van der Waals surface area contributed by atoms with Gasteiger partial charge in [0.25, 0.3) is 0 Å². The van der Waals surface area contributed by atoms with Gasteiger partial charge in [0.15, 0.2) is 0 Å². The monoisotopic (exact) mass is 320 g/mol. The number of nitriles is 1. The molecule has 2 unspecified atom stereocenters. The average molecular weight is 320 g/mol. The summed E-state index contributed by atoms with van der Waals surface area (Å²) in [5.41, 5.74) is 1.24. The fraction of sp³-hybridized carbons (Fsp3) is 0.300. The van der Waals surface area contributed by atoms with Crippen LogP contribution >= 0.6 is 0 Å². The molecule has 1 heterocycles. The van der Waals surface area contributed by atoms with Gasteiger partial charge in [-0.1, -0.05) is 60.7 Å². The molecule has 3 rings (SSSR count). The number of carbonyl (C=O) groups excluding carboxylic acids is 1. The Kier molecular flexibility index (Phi) is 4.64. The summed E-state index contributed by atoms with van der Waals surface area (Å²) in [5.74, 6) is -0.542. The maximum absolute atomic E-state index is 12.1. The number of carbonyl (C=O) groups is 1. The van der Waals surface area contributed by atoms with Gasteiger partial charge < -0.3 is 4.74 Å². The van der Waals surface area contributed by atoms with E-state index in [1.807, 2.05) is 60.7 Å². The molecule has 1 saturated heterocycles. The minimum absolute atomic E-state index is 0.249. The van der Waals surface area contributed by atoms with E-state index >= 15 is 0 Å². The van der Waals surface area contributed by atoms with E-state index in [9.17, 15) is 10.1 Å². The highest BCUT2D eigenvalue weighted by molar-refractivity contribution is 5.73. The lowest BCUT2D eigenvalue weighted by Gasteiger charge is -2.32.